The van der Waals surface area contributed by atoms with Crippen molar-refractivity contribution in [1.82, 2.24) is 10.2 Å². The van der Waals surface area contributed by atoms with Gasteiger partial charge in [0, 0.05) is 25.2 Å². The minimum Gasteiger partial charge on any atom is -0.445 e. The van der Waals surface area contributed by atoms with E-state index in [2.05, 4.69) is 5.32 Å². The number of carbonyl (C=O) groups excluding carboxylic acids is 1. The Bertz CT molecular complexity index is 462. The molecule has 1 aromatic rings. The van der Waals surface area contributed by atoms with Gasteiger partial charge >= 0.3 is 6.09 Å². The van der Waals surface area contributed by atoms with Crippen molar-refractivity contribution in [3.05, 3.63) is 35.9 Å². The van der Waals surface area contributed by atoms with Gasteiger partial charge in [0.2, 0.25) is 0 Å². The Balaban J connectivity index is 1.46. The van der Waals surface area contributed by atoms with E-state index in [0.29, 0.717) is 6.61 Å². The Kier molecular flexibility index (Phi) is 4.41. The van der Waals surface area contributed by atoms with Crippen LogP contribution in [-0.2, 0) is 16.1 Å². The highest BCUT2D eigenvalue weighted by molar-refractivity contribution is 5.67. The zero-order chi connectivity index (χ0) is 14.5. The molecule has 1 aromatic carbocycles. The van der Waals surface area contributed by atoms with Crippen LogP contribution in [0.25, 0.3) is 0 Å². The minimum absolute atomic E-state index is 0.0639. The molecular weight excluding hydrogens is 268 g/mol. The molecule has 0 unspecified atom stereocenters. The van der Waals surface area contributed by atoms with Crippen LogP contribution in [0.15, 0.2) is 30.3 Å². The molecule has 0 aliphatic carbocycles. The molecular formula is C16H22N2O3. The molecule has 2 fully saturated rings. The van der Waals surface area contributed by atoms with Crippen molar-refractivity contribution in [3.8, 4) is 0 Å². The second-order valence-electron chi connectivity index (χ2n) is 5.79. The van der Waals surface area contributed by atoms with Gasteiger partial charge in [-0.25, -0.2) is 4.79 Å². The van der Waals surface area contributed by atoms with Gasteiger partial charge in [-0.2, -0.15) is 0 Å². The molecule has 5 heteroatoms. The van der Waals surface area contributed by atoms with E-state index >= 15 is 0 Å². The molecule has 2 aliphatic heterocycles. The molecule has 2 saturated heterocycles. The number of piperidine rings is 1. The van der Waals surface area contributed by atoms with E-state index < -0.39 is 0 Å². The van der Waals surface area contributed by atoms with E-state index in [1.165, 1.54) is 0 Å². The fourth-order valence-electron chi connectivity index (χ4n) is 2.96. The lowest BCUT2D eigenvalue weighted by Gasteiger charge is -2.44. The molecule has 1 N–H and O–H groups in total. The summed E-state index contributed by atoms with van der Waals surface area (Å²) in [5.41, 5.74) is 1.08. The van der Waals surface area contributed by atoms with Crippen LogP contribution in [0.2, 0.25) is 0 Å². The molecule has 21 heavy (non-hydrogen) atoms. The van der Waals surface area contributed by atoms with Crippen molar-refractivity contribution in [3.63, 3.8) is 0 Å². The third-order valence-corrected chi connectivity index (χ3v) is 4.31. The number of rotatable bonds is 2. The lowest BCUT2D eigenvalue weighted by molar-refractivity contribution is -0.00647. The molecule has 0 aromatic heterocycles. The molecule has 1 spiro atoms. The molecule has 1 amide bonds. The Labute approximate surface area is 125 Å². The Morgan fingerprint density at radius 3 is 2.71 bits per heavy atom. The minimum atomic E-state index is -0.217. The maximum absolute atomic E-state index is 12.1. The van der Waals surface area contributed by atoms with Crippen molar-refractivity contribution in [2.45, 2.75) is 25.0 Å². The number of carbonyl (C=O) groups is 1. The van der Waals surface area contributed by atoms with Gasteiger partial charge in [0.15, 0.2) is 0 Å². The first-order valence-electron chi connectivity index (χ1n) is 7.56. The SMILES string of the molecule is O=C(OCc1ccccc1)N1CCC2(CC1)COCCN2. The van der Waals surface area contributed by atoms with Crippen LogP contribution in [-0.4, -0.2) is 49.4 Å². The third-order valence-electron chi connectivity index (χ3n) is 4.31. The quantitative estimate of drug-likeness (QED) is 0.902. The number of nitrogens with zero attached hydrogens (tertiary/aromatic N) is 1. The highest BCUT2D eigenvalue weighted by atomic mass is 16.6. The van der Waals surface area contributed by atoms with Gasteiger partial charge in [-0.05, 0) is 18.4 Å². The molecule has 114 valence electrons. The normalized spacial score (nSPS) is 21.2. The first-order chi connectivity index (χ1) is 10.3. The first kappa shape index (κ1) is 14.4. The van der Waals surface area contributed by atoms with Crippen LogP contribution in [0.5, 0.6) is 0 Å². The predicted molar refractivity (Wildman–Crippen MR) is 79.0 cm³/mol. The number of benzene rings is 1. The number of hydrogen-bond donors (Lipinski definition) is 1. The summed E-state index contributed by atoms with van der Waals surface area (Å²) in [5, 5.41) is 3.55. The van der Waals surface area contributed by atoms with Gasteiger partial charge in [0.1, 0.15) is 6.61 Å². The average Bonchev–Trinajstić information content (AvgIpc) is 2.55. The summed E-state index contributed by atoms with van der Waals surface area (Å²) in [4.78, 5) is 13.9. The van der Waals surface area contributed by atoms with Crippen molar-refractivity contribution in [2.24, 2.45) is 0 Å². The molecule has 0 radical (unpaired) electrons. The fourth-order valence-corrected chi connectivity index (χ4v) is 2.96. The van der Waals surface area contributed by atoms with E-state index in [1.807, 2.05) is 30.3 Å². The van der Waals surface area contributed by atoms with Gasteiger partial charge < -0.3 is 19.7 Å². The van der Waals surface area contributed by atoms with Gasteiger partial charge in [0.25, 0.3) is 0 Å². The first-order valence-corrected chi connectivity index (χ1v) is 7.56. The topological polar surface area (TPSA) is 50.8 Å². The van der Waals surface area contributed by atoms with Gasteiger partial charge in [-0.3, -0.25) is 0 Å². The Morgan fingerprint density at radius 1 is 1.29 bits per heavy atom. The standard InChI is InChI=1S/C16H22N2O3/c19-15(21-12-14-4-2-1-3-5-14)18-9-6-16(7-10-18)13-20-11-8-17-16/h1-5,17H,6-13H2. The number of nitrogens with one attached hydrogen (secondary N) is 1. The summed E-state index contributed by atoms with van der Waals surface area (Å²) in [7, 11) is 0. The summed E-state index contributed by atoms with van der Waals surface area (Å²) < 4.78 is 10.9. The monoisotopic (exact) mass is 290 g/mol. The fraction of sp³-hybridized carbons (Fsp3) is 0.562. The van der Waals surface area contributed by atoms with Crippen molar-refractivity contribution in [1.29, 1.82) is 0 Å². The number of morpholine rings is 1. The van der Waals surface area contributed by atoms with Gasteiger partial charge in [-0.1, -0.05) is 30.3 Å². The van der Waals surface area contributed by atoms with Crippen LogP contribution < -0.4 is 5.32 Å². The van der Waals surface area contributed by atoms with Crippen molar-refractivity contribution in [2.75, 3.05) is 32.8 Å². The summed E-state index contributed by atoms with van der Waals surface area (Å²) in [5.74, 6) is 0. The van der Waals surface area contributed by atoms with Crippen LogP contribution in [0, 0.1) is 0 Å². The van der Waals surface area contributed by atoms with E-state index in [1.54, 1.807) is 4.90 Å². The molecule has 0 atom stereocenters. The van der Waals surface area contributed by atoms with E-state index in [9.17, 15) is 4.79 Å². The maximum atomic E-state index is 12.1. The van der Waals surface area contributed by atoms with Crippen molar-refractivity contribution < 1.29 is 14.3 Å². The summed E-state index contributed by atoms with van der Waals surface area (Å²) in [6.45, 7) is 4.22. The van der Waals surface area contributed by atoms with E-state index in [0.717, 1.165) is 51.3 Å². The molecule has 0 bridgehead atoms. The van der Waals surface area contributed by atoms with Crippen molar-refractivity contribution >= 4 is 6.09 Å². The number of amides is 1. The third kappa shape index (κ3) is 3.54. The van der Waals surface area contributed by atoms with Gasteiger partial charge in [-0.15, -0.1) is 0 Å². The molecule has 2 aliphatic rings. The Hall–Kier alpha value is -1.59. The van der Waals surface area contributed by atoms with E-state index in [-0.39, 0.29) is 11.6 Å². The second kappa shape index (κ2) is 6.45. The molecule has 3 rings (SSSR count). The summed E-state index contributed by atoms with van der Waals surface area (Å²) in [6, 6.07) is 9.77. The predicted octanol–water partition coefficient (Wildman–Crippen LogP) is 1.78. The van der Waals surface area contributed by atoms with Crippen LogP contribution in [0.1, 0.15) is 18.4 Å². The zero-order valence-corrected chi connectivity index (χ0v) is 12.2. The largest absolute Gasteiger partial charge is 0.445 e. The lowest BCUT2D eigenvalue weighted by atomic mass is 9.87. The van der Waals surface area contributed by atoms with Crippen LogP contribution >= 0.6 is 0 Å². The van der Waals surface area contributed by atoms with E-state index in [4.69, 9.17) is 9.47 Å². The maximum Gasteiger partial charge on any atom is 0.410 e. The van der Waals surface area contributed by atoms with Gasteiger partial charge in [0.05, 0.1) is 13.2 Å². The average molecular weight is 290 g/mol. The molecule has 5 nitrogen and oxygen atoms in total. The Morgan fingerprint density at radius 2 is 2.05 bits per heavy atom. The number of hydrogen-bond acceptors (Lipinski definition) is 4. The van der Waals surface area contributed by atoms with Crippen LogP contribution in [0.3, 0.4) is 0 Å². The molecule has 0 saturated carbocycles. The number of likely N-dealkylation sites (tertiary alicyclic amines) is 1. The molecule has 2 heterocycles. The summed E-state index contributed by atoms with van der Waals surface area (Å²) >= 11 is 0. The number of ether oxygens (including phenoxy) is 2. The smallest absolute Gasteiger partial charge is 0.410 e. The lowest BCUT2D eigenvalue weighted by Crippen LogP contribution is -2.60. The summed E-state index contributed by atoms with van der Waals surface area (Å²) in [6.07, 6.45) is 1.63. The highest BCUT2D eigenvalue weighted by Crippen LogP contribution is 2.25. The second-order valence-corrected chi connectivity index (χ2v) is 5.79. The zero-order valence-electron chi connectivity index (χ0n) is 12.2. The highest BCUT2D eigenvalue weighted by Gasteiger charge is 2.37. The van der Waals surface area contributed by atoms with Crippen LogP contribution in [0.4, 0.5) is 4.79 Å².